The molecule has 1 saturated heterocycles. The SMILES string of the molecule is CSc1ccc(C2SCC(=O)N2Cc2ccccc2)cc1. The molecule has 3 rings (SSSR count). The number of thioether (sulfide) groups is 2. The zero-order chi connectivity index (χ0) is 14.7. The van der Waals surface area contributed by atoms with Crippen LogP contribution in [0, 0.1) is 0 Å². The lowest BCUT2D eigenvalue weighted by molar-refractivity contribution is -0.128. The van der Waals surface area contributed by atoms with Crippen LogP contribution in [0.25, 0.3) is 0 Å². The molecular weight excluding hydrogens is 298 g/mol. The number of hydrogen-bond donors (Lipinski definition) is 0. The van der Waals surface area contributed by atoms with Crippen LogP contribution in [-0.2, 0) is 11.3 Å². The van der Waals surface area contributed by atoms with Crippen LogP contribution in [0.4, 0.5) is 0 Å². The first-order chi connectivity index (χ1) is 10.3. The minimum absolute atomic E-state index is 0.133. The fourth-order valence-electron chi connectivity index (χ4n) is 2.45. The summed E-state index contributed by atoms with van der Waals surface area (Å²) in [6.45, 7) is 0.682. The third kappa shape index (κ3) is 3.27. The monoisotopic (exact) mass is 315 g/mol. The third-order valence-corrected chi connectivity index (χ3v) is 5.56. The van der Waals surface area contributed by atoms with Crippen molar-refractivity contribution in [2.45, 2.75) is 16.8 Å². The van der Waals surface area contributed by atoms with Crippen molar-refractivity contribution >= 4 is 29.4 Å². The molecular formula is C17H17NOS2. The highest BCUT2D eigenvalue weighted by molar-refractivity contribution is 8.00. The van der Waals surface area contributed by atoms with Crippen LogP contribution in [0.15, 0.2) is 59.5 Å². The fourth-order valence-corrected chi connectivity index (χ4v) is 4.05. The van der Waals surface area contributed by atoms with Crippen LogP contribution in [0.5, 0.6) is 0 Å². The van der Waals surface area contributed by atoms with Gasteiger partial charge in [0, 0.05) is 11.4 Å². The van der Waals surface area contributed by atoms with E-state index in [1.807, 2.05) is 23.1 Å². The van der Waals surface area contributed by atoms with Gasteiger partial charge in [0.2, 0.25) is 5.91 Å². The number of rotatable bonds is 4. The molecule has 108 valence electrons. The van der Waals surface area contributed by atoms with Gasteiger partial charge in [-0.25, -0.2) is 0 Å². The second-order valence-corrected chi connectivity index (χ2v) is 6.89. The first kappa shape index (κ1) is 14.5. The zero-order valence-corrected chi connectivity index (χ0v) is 13.5. The van der Waals surface area contributed by atoms with Crippen LogP contribution in [0.3, 0.4) is 0 Å². The molecule has 0 aromatic heterocycles. The molecule has 0 radical (unpaired) electrons. The number of amides is 1. The van der Waals surface area contributed by atoms with Crippen molar-refractivity contribution in [3.63, 3.8) is 0 Å². The van der Waals surface area contributed by atoms with E-state index in [0.29, 0.717) is 12.3 Å². The Morgan fingerprint density at radius 2 is 1.86 bits per heavy atom. The lowest BCUT2D eigenvalue weighted by Crippen LogP contribution is -2.27. The van der Waals surface area contributed by atoms with Gasteiger partial charge >= 0.3 is 0 Å². The molecule has 1 atom stereocenters. The van der Waals surface area contributed by atoms with Gasteiger partial charge in [0.05, 0.1) is 5.75 Å². The van der Waals surface area contributed by atoms with Crippen LogP contribution in [0.1, 0.15) is 16.5 Å². The highest BCUT2D eigenvalue weighted by atomic mass is 32.2. The molecule has 1 heterocycles. The van der Waals surface area contributed by atoms with E-state index < -0.39 is 0 Å². The highest BCUT2D eigenvalue weighted by Crippen LogP contribution is 2.39. The van der Waals surface area contributed by atoms with E-state index in [0.717, 1.165) is 0 Å². The van der Waals surface area contributed by atoms with Crippen molar-refractivity contribution in [3.05, 3.63) is 65.7 Å². The summed E-state index contributed by atoms with van der Waals surface area (Å²) < 4.78 is 0. The Hall–Kier alpha value is -1.39. The van der Waals surface area contributed by atoms with Crippen LogP contribution >= 0.6 is 23.5 Å². The largest absolute Gasteiger partial charge is 0.322 e. The molecule has 0 bridgehead atoms. The molecule has 0 spiro atoms. The summed E-state index contributed by atoms with van der Waals surface area (Å²) in [6, 6.07) is 18.7. The Balaban J connectivity index is 1.81. The van der Waals surface area contributed by atoms with Gasteiger partial charge in [-0.1, -0.05) is 42.5 Å². The molecule has 1 fully saturated rings. The number of nitrogens with zero attached hydrogens (tertiary/aromatic N) is 1. The van der Waals surface area contributed by atoms with Gasteiger partial charge in [0.15, 0.2) is 0 Å². The van der Waals surface area contributed by atoms with E-state index >= 15 is 0 Å². The predicted octanol–water partition coefficient (Wildman–Crippen LogP) is 4.18. The Morgan fingerprint density at radius 3 is 2.52 bits per heavy atom. The molecule has 2 nitrogen and oxygen atoms in total. The minimum atomic E-state index is 0.133. The van der Waals surface area contributed by atoms with Gasteiger partial charge in [-0.15, -0.1) is 23.5 Å². The zero-order valence-electron chi connectivity index (χ0n) is 11.9. The average molecular weight is 315 g/mol. The third-order valence-electron chi connectivity index (χ3n) is 3.56. The molecule has 1 aliphatic heterocycles. The molecule has 21 heavy (non-hydrogen) atoms. The van der Waals surface area contributed by atoms with Gasteiger partial charge in [0.25, 0.3) is 0 Å². The highest BCUT2D eigenvalue weighted by Gasteiger charge is 2.32. The Labute approximate surface area is 133 Å². The van der Waals surface area contributed by atoms with Crippen LogP contribution in [0.2, 0.25) is 0 Å². The van der Waals surface area contributed by atoms with Gasteiger partial charge in [-0.3, -0.25) is 4.79 Å². The van der Waals surface area contributed by atoms with Crippen molar-refractivity contribution in [1.82, 2.24) is 4.90 Å². The Bertz CT molecular complexity index is 612. The average Bonchev–Trinajstić information content (AvgIpc) is 2.90. The molecule has 0 aliphatic carbocycles. The van der Waals surface area contributed by atoms with E-state index in [4.69, 9.17) is 0 Å². The van der Waals surface area contributed by atoms with Crippen LogP contribution in [-0.4, -0.2) is 22.8 Å². The summed E-state index contributed by atoms with van der Waals surface area (Å²) in [5.74, 6) is 0.796. The normalized spacial score (nSPS) is 18.2. The van der Waals surface area contributed by atoms with Crippen molar-refractivity contribution < 1.29 is 4.79 Å². The van der Waals surface area contributed by atoms with E-state index in [9.17, 15) is 4.79 Å². The molecule has 1 amide bonds. The number of hydrogen-bond acceptors (Lipinski definition) is 3. The minimum Gasteiger partial charge on any atom is -0.322 e. The maximum Gasteiger partial charge on any atom is 0.234 e. The maximum absolute atomic E-state index is 12.2. The molecule has 1 unspecified atom stereocenters. The van der Waals surface area contributed by atoms with Gasteiger partial charge < -0.3 is 4.90 Å². The maximum atomic E-state index is 12.2. The molecule has 4 heteroatoms. The molecule has 1 aliphatic rings. The van der Waals surface area contributed by atoms with Crippen molar-refractivity contribution in [2.24, 2.45) is 0 Å². The number of carbonyl (C=O) groups excluding carboxylic acids is 1. The summed E-state index contributed by atoms with van der Waals surface area (Å²) >= 11 is 3.45. The number of carbonyl (C=O) groups is 1. The van der Waals surface area contributed by atoms with Crippen molar-refractivity contribution in [1.29, 1.82) is 0 Å². The van der Waals surface area contributed by atoms with E-state index in [1.54, 1.807) is 23.5 Å². The first-order valence-electron chi connectivity index (χ1n) is 6.87. The van der Waals surface area contributed by atoms with Crippen molar-refractivity contribution in [2.75, 3.05) is 12.0 Å². The van der Waals surface area contributed by atoms with E-state index in [-0.39, 0.29) is 11.3 Å². The summed E-state index contributed by atoms with van der Waals surface area (Å²) in [5.41, 5.74) is 2.39. The molecule has 0 N–H and O–H groups in total. The summed E-state index contributed by atoms with van der Waals surface area (Å²) in [4.78, 5) is 15.4. The van der Waals surface area contributed by atoms with Crippen molar-refractivity contribution in [3.8, 4) is 0 Å². The standard InChI is InChI=1S/C17H17NOS2/c1-20-15-9-7-14(8-10-15)17-18(16(19)12-21-17)11-13-5-3-2-4-6-13/h2-10,17H,11-12H2,1H3. The van der Waals surface area contributed by atoms with Gasteiger partial charge in [-0.2, -0.15) is 0 Å². The lowest BCUT2D eigenvalue weighted by atomic mass is 10.1. The summed E-state index contributed by atoms with van der Waals surface area (Å²) in [6.07, 6.45) is 2.07. The Morgan fingerprint density at radius 1 is 1.14 bits per heavy atom. The number of benzene rings is 2. The fraction of sp³-hybridized carbons (Fsp3) is 0.235. The van der Waals surface area contributed by atoms with Gasteiger partial charge in [0.1, 0.15) is 5.37 Å². The lowest BCUT2D eigenvalue weighted by Gasteiger charge is -2.24. The van der Waals surface area contributed by atoms with E-state index in [2.05, 4.69) is 42.7 Å². The topological polar surface area (TPSA) is 20.3 Å². The first-order valence-corrected chi connectivity index (χ1v) is 9.14. The second kappa shape index (κ2) is 6.58. The summed E-state index contributed by atoms with van der Waals surface area (Å²) in [5, 5.41) is 0.133. The molecule has 2 aromatic carbocycles. The van der Waals surface area contributed by atoms with Crippen LogP contribution < -0.4 is 0 Å². The summed E-state index contributed by atoms with van der Waals surface area (Å²) in [7, 11) is 0. The van der Waals surface area contributed by atoms with E-state index in [1.165, 1.54) is 16.0 Å². The predicted molar refractivity (Wildman–Crippen MR) is 90.4 cm³/mol. The quantitative estimate of drug-likeness (QED) is 0.789. The second-order valence-electron chi connectivity index (χ2n) is 4.94. The molecule has 0 saturated carbocycles. The molecule has 2 aromatic rings. The Kier molecular flexibility index (Phi) is 4.56. The smallest absolute Gasteiger partial charge is 0.234 e. The van der Waals surface area contributed by atoms with Gasteiger partial charge in [-0.05, 0) is 29.5 Å².